The zero-order valence-corrected chi connectivity index (χ0v) is 12.8. The third-order valence-electron chi connectivity index (χ3n) is 3.73. The highest BCUT2D eigenvalue weighted by atomic mass is 32.1. The molecule has 2 atom stereocenters. The summed E-state index contributed by atoms with van der Waals surface area (Å²) >= 11 is 1.38. The first-order valence-electron chi connectivity index (χ1n) is 7.41. The van der Waals surface area contributed by atoms with E-state index in [0.29, 0.717) is 23.9 Å². The normalized spacial score (nSPS) is 21.8. The van der Waals surface area contributed by atoms with Gasteiger partial charge in [-0.3, -0.25) is 9.59 Å². The summed E-state index contributed by atoms with van der Waals surface area (Å²) in [5, 5.41) is 17.0. The molecule has 116 valence electrons. The Morgan fingerprint density at radius 3 is 2.90 bits per heavy atom. The first kappa shape index (κ1) is 16.0. The number of rotatable bonds is 6. The van der Waals surface area contributed by atoms with Gasteiger partial charge < -0.3 is 15.7 Å². The molecule has 6 heteroatoms. The van der Waals surface area contributed by atoms with Crippen LogP contribution in [0.1, 0.15) is 41.8 Å². The van der Waals surface area contributed by atoms with Gasteiger partial charge in [0.25, 0.3) is 5.91 Å². The molecule has 21 heavy (non-hydrogen) atoms. The molecule has 0 aliphatic heterocycles. The molecule has 0 aromatic carbocycles. The zero-order valence-electron chi connectivity index (χ0n) is 12.0. The Kier molecular flexibility index (Phi) is 6.20. The van der Waals surface area contributed by atoms with Crippen molar-refractivity contribution in [2.24, 2.45) is 5.92 Å². The van der Waals surface area contributed by atoms with Gasteiger partial charge in [0.1, 0.15) is 0 Å². The Morgan fingerprint density at radius 1 is 1.33 bits per heavy atom. The van der Waals surface area contributed by atoms with Gasteiger partial charge in [-0.25, -0.2) is 0 Å². The molecule has 0 bridgehead atoms. The quantitative estimate of drug-likeness (QED) is 0.746. The minimum atomic E-state index is -0.217. The molecule has 1 aliphatic rings. The van der Waals surface area contributed by atoms with Crippen molar-refractivity contribution in [3.63, 3.8) is 0 Å². The molecule has 5 nitrogen and oxygen atoms in total. The number of carbonyl (C=O) groups excluding carboxylic acids is 2. The van der Waals surface area contributed by atoms with E-state index in [1.54, 1.807) is 6.07 Å². The van der Waals surface area contributed by atoms with Crippen molar-refractivity contribution in [1.82, 2.24) is 10.6 Å². The van der Waals surface area contributed by atoms with E-state index in [2.05, 4.69) is 10.6 Å². The highest BCUT2D eigenvalue weighted by Gasteiger charge is 2.20. The van der Waals surface area contributed by atoms with Crippen molar-refractivity contribution < 1.29 is 14.7 Å². The number of aliphatic hydroxyl groups excluding tert-OH is 1. The number of hydrogen-bond donors (Lipinski definition) is 3. The summed E-state index contributed by atoms with van der Waals surface area (Å²) in [4.78, 5) is 24.0. The molecular formula is C15H22N2O3S. The van der Waals surface area contributed by atoms with Crippen molar-refractivity contribution >= 4 is 23.2 Å². The lowest BCUT2D eigenvalue weighted by molar-refractivity contribution is -0.121. The fourth-order valence-electron chi connectivity index (χ4n) is 2.58. The van der Waals surface area contributed by atoms with Gasteiger partial charge in [0.05, 0.1) is 11.0 Å². The lowest BCUT2D eigenvalue weighted by atomic mass is 9.87. The number of aliphatic hydroxyl groups is 1. The fraction of sp³-hybridized carbons (Fsp3) is 0.600. The first-order valence-corrected chi connectivity index (χ1v) is 8.29. The topological polar surface area (TPSA) is 78.4 Å². The molecule has 2 amide bonds. The lowest BCUT2D eigenvalue weighted by Gasteiger charge is -2.25. The fourth-order valence-corrected chi connectivity index (χ4v) is 3.22. The molecule has 1 aliphatic carbocycles. The molecule has 0 spiro atoms. The summed E-state index contributed by atoms with van der Waals surface area (Å²) < 4.78 is 0. The lowest BCUT2D eigenvalue weighted by Crippen LogP contribution is -2.35. The maximum atomic E-state index is 11.7. The van der Waals surface area contributed by atoms with Crippen LogP contribution in [0.4, 0.5) is 0 Å². The molecule has 1 saturated carbocycles. The van der Waals surface area contributed by atoms with Crippen molar-refractivity contribution in [3.05, 3.63) is 22.4 Å². The standard InChI is InChI=1S/C15H22N2O3S/c18-12-4-1-3-11(9-12)10-17-14(19)6-7-16-15(20)13-5-2-8-21-13/h2,5,8,11-12,18H,1,3-4,6-7,9-10H2,(H,16,20)(H,17,19). The van der Waals surface area contributed by atoms with Crippen LogP contribution in [0.3, 0.4) is 0 Å². The Hall–Kier alpha value is -1.40. The zero-order chi connectivity index (χ0) is 15.1. The molecule has 0 radical (unpaired) electrons. The van der Waals surface area contributed by atoms with Crippen molar-refractivity contribution in [3.8, 4) is 0 Å². The van der Waals surface area contributed by atoms with Crippen LogP contribution in [0.2, 0.25) is 0 Å². The number of hydrogen-bond acceptors (Lipinski definition) is 4. The van der Waals surface area contributed by atoms with Gasteiger partial charge in [0.2, 0.25) is 5.91 Å². The highest BCUT2D eigenvalue weighted by Crippen LogP contribution is 2.23. The first-order chi connectivity index (χ1) is 10.1. The summed E-state index contributed by atoms with van der Waals surface area (Å²) in [7, 11) is 0. The van der Waals surface area contributed by atoms with Gasteiger partial charge in [0, 0.05) is 19.5 Å². The van der Waals surface area contributed by atoms with E-state index in [0.717, 1.165) is 25.7 Å². The average molecular weight is 310 g/mol. The van der Waals surface area contributed by atoms with Crippen LogP contribution in [-0.2, 0) is 4.79 Å². The summed E-state index contributed by atoms with van der Waals surface area (Å²) in [6.07, 6.45) is 3.80. The van der Waals surface area contributed by atoms with E-state index >= 15 is 0 Å². The maximum absolute atomic E-state index is 11.7. The maximum Gasteiger partial charge on any atom is 0.261 e. The smallest absolute Gasteiger partial charge is 0.261 e. The van der Waals surface area contributed by atoms with Crippen molar-refractivity contribution in [2.75, 3.05) is 13.1 Å². The van der Waals surface area contributed by atoms with Gasteiger partial charge >= 0.3 is 0 Å². The van der Waals surface area contributed by atoms with Gasteiger partial charge in [-0.2, -0.15) is 0 Å². The van der Waals surface area contributed by atoms with Crippen molar-refractivity contribution in [2.45, 2.75) is 38.2 Å². The van der Waals surface area contributed by atoms with Crippen LogP contribution in [0, 0.1) is 5.92 Å². The molecule has 0 saturated heterocycles. The van der Waals surface area contributed by atoms with Crippen LogP contribution in [0.15, 0.2) is 17.5 Å². The molecule has 1 heterocycles. The SMILES string of the molecule is O=C(CCNC(=O)c1cccs1)NCC1CCCC(O)C1. The van der Waals surface area contributed by atoms with Gasteiger partial charge in [-0.15, -0.1) is 11.3 Å². The predicted molar refractivity (Wildman–Crippen MR) is 82.2 cm³/mol. The average Bonchev–Trinajstić information content (AvgIpc) is 2.99. The van der Waals surface area contributed by atoms with E-state index in [9.17, 15) is 14.7 Å². The van der Waals surface area contributed by atoms with Gasteiger partial charge in [0.15, 0.2) is 0 Å². The molecule has 2 unspecified atom stereocenters. The van der Waals surface area contributed by atoms with Gasteiger partial charge in [-0.05, 0) is 36.6 Å². The predicted octanol–water partition coefficient (Wildman–Crippen LogP) is 1.54. The number of nitrogens with one attached hydrogen (secondary N) is 2. The summed E-state index contributed by atoms with van der Waals surface area (Å²) in [5.74, 6) is 0.188. The Bertz CT molecular complexity index is 461. The van der Waals surface area contributed by atoms with Crippen LogP contribution < -0.4 is 10.6 Å². The molecule has 1 aromatic rings. The second-order valence-electron chi connectivity index (χ2n) is 5.47. The third kappa shape index (κ3) is 5.47. The van der Waals surface area contributed by atoms with E-state index in [1.165, 1.54) is 11.3 Å². The Balaban J connectivity index is 1.58. The van der Waals surface area contributed by atoms with E-state index in [-0.39, 0.29) is 24.3 Å². The van der Waals surface area contributed by atoms with Crippen molar-refractivity contribution in [1.29, 1.82) is 0 Å². The van der Waals surface area contributed by atoms with E-state index in [1.807, 2.05) is 11.4 Å². The molecule has 2 rings (SSSR count). The van der Waals surface area contributed by atoms with Crippen LogP contribution in [-0.4, -0.2) is 36.1 Å². The molecule has 1 aromatic heterocycles. The summed E-state index contributed by atoms with van der Waals surface area (Å²) in [6, 6.07) is 3.58. The second-order valence-corrected chi connectivity index (χ2v) is 6.42. The number of amides is 2. The van der Waals surface area contributed by atoms with Gasteiger partial charge in [-0.1, -0.05) is 12.5 Å². The van der Waals surface area contributed by atoms with E-state index in [4.69, 9.17) is 0 Å². The molecule has 3 N–H and O–H groups in total. The number of thiophene rings is 1. The largest absolute Gasteiger partial charge is 0.393 e. The highest BCUT2D eigenvalue weighted by molar-refractivity contribution is 7.12. The van der Waals surface area contributed by atoms with Crippen LogP contribution in [0.5, 0.6) is 0 Å². The Labute approximate surface area is 128 Å². The molecule has 1 fully saturated rings. The monoisotopic (exact) mass is 310 g/mol. The minimum Gasteiger partial charge on any atom is -0.393 e. The van der Waals surface area contributed by atoms with Crippen LogP contribution in [0.25, 0.3) is 0 Å². The van der Waals surface area contributed by atoms with Crippen LogP contribution >= 0.6 is 11.3 Å². The summed E-state index contributed by atoms with van der Waals surface area (Å²) in [5.41, 5.74) is 0. The third-order valence-corrected chi connectivity index (χ3v) is 4.59. The number of carbonyl (C=O) groups is 2. The summed E-state index contributed by atoms with van der Waals surface area (Å²) in [6.45, 7) is 0.963. The minimum absolute atomic E-state index is 0.0541. The Morgan fingerprint density at radius 2 is 2.19 bits per heavy atom. The second kappa shape index (κ2) is 8.14. The van der Waals surface area contributed by atoms with E-state index < -0.39 is 0 Å². The molecular weight excluding hydrogens is 288 g/mol.